The molecule has 1 aliphatic heterocycles. The molecule has 0 radical (unpaired) electrons. The molecule has 0 amide bonds. The van der Waals surface area contributed by atoms with Gasteiger partial charge in [0.05, 0.1) is 6.04 Å². The zero-order valence-electron chi connectivity index (χ0n) is 16.1. The van der Waals surface area contributed by atoms with Gasteiger partial charge in [0.2, 0.25) is 0 Å². The molecule has 0 saturated heterocycles. The Hall–Kier alpha value is -2.83. The van der Waals surface area contributed by atoms with Crippen molar-refractivity contribution in [1.29, 1.82) is 0 Å². The number of aromatic nitrogens is 1. The van der Waals surface area contributed by atoms with Gasteiger partial charge in [0.15, 0.2) is 0 Å². The zero-order chi connectivity index (χ0) is 19.7. The first-order valence-electron chi connectivity index (χ1n) is 9.49. The number of aliphatic carboxylic acids is 1. The molecule has 3 aromatic rings. The number of para-hydroxylation sites is 1. The van der Waals surface area contributed by atoms with Crippen LogP contribution in [0, 0.1) is 0 Å². The molecule has 1 aliphatic rings. The van der Waals surface area contributed by atoms with Crippen molar-refractivity contribution in [3.8, 4) is 5.75 Å². The van der Waals surface area contributed by atoms with Crippen LogP contribution in [0.25, 0.3) is 10.9 Å². The number of nitrogens with one attached hydrogen (secondary N) is 2. The van der Waals surface area contributed by atoms with Crippen molar-refractivity contribution in [1.82, 2.24) is 15.2 Å². The van der Waals surface area contributed by atoms with Gasteiger partial charge in [-0.25, -0.2) is 0 Å². The van der Waals surface area contributed by atoms with Crippen LogP contribution < -0.4 is 10.1 Å². The third-order valence-corrected chi connectivity index (χ3v) is 5.23. The van der Waals surface area contributed by atoms with Crippen LogP contribution in [0.3, 0.4) is 0 Å². The topological polar surface area (TPSA) is 77.6 Å². The van der Waals surface area contributed by atoms with Crippen LogP contribution in [0.4, 0.5) is 0 Å². The molecule has 4 rings (SSSR count). The summed E-state index contributed by atoms with van der Waals surface area (Å²) in [6.45, 7) is 1.48. The Bertz CT molecular complexity index is 978. The number of H-pyrrole nitrogens is 1. The molecule has 0 saturated carbocycles. The standard InChI is InChI=1S/C22H25N3O3/c1-25(2)11-12-28-15-9-7-14(8-10-15)20-21-17(13-19(24-20)22(26)27)16-5-3-4-6-18(16)23-21/h3-10,19-20,23-24H,11-13H2,1-2H3,(H,26,27). The van der Waals surface area contributed by atoms with Crippen LogP contribution in [-0.4, -0.2) is 54.2 Å². The fourth-order valence-electron chi connectivity index (χ4n) is 3.76. The predicted molar refractivity (Wildman–Crippen MR) is 109 cm³/mol. The van der Waals surface area contributed by atoms with Crippen molar-refractivity contribution in [2.75, 3.05) is 27.2 Å². The third kappa shape index (κ3) is 3.61. The van der Waals surface area contributed by atoms with E-state index in [1.165, 1.54) is 0 Å². The number of fused-ring (bicyclic) bond motifs is 3. The quantitative estimate of drug-likeness (QED) is 0.614. The molecule has 28 heavy (non-hydrogen) atoms. The minimum Gasteiger partial charge on any atom is -0.492 e. The third-order valence-electron chi connectivity index (χ3n) is 5.23. The monoisotopic (exact) mass is 379 g/mol. The molecule has 146 valence electrons. The highest BCUT2D eigenvalue weighted by Crippen LogP contribution is 2.35. The molecule has 6 heteroatoms. The molecule has 2 heterocycles. The second kappa shape index (κ2) is 7.66. The Labute approximate surface area is 164 Å². The lowest BCUT2D eigenvalue weighted by molar-refractivity contribution is -0.139. The summed E-state index contributed by atoms with van der Waals surface area (Å²) in [5.41, 5.74) is 4.17. The van der Waals surface area contributed by atoms with E-state index in [-0.39, 0.29) is 6.04 Å². The minimum atomic E-state index is -0.829. The SMILES string of the molecule is CN(C)CCOc1ccc(C2NC(C(=O)O)Cc3c2[nH]c2ccccc32)cc1. The van der Waals surface area contributed by atoms with Gasteiger partial charge in [0.1, 0.15) is 18.4 Å². The maximum Gasteiger partial charge on any atom is 0.321 e. The molecule has 0 bridgehead atoms. The van der Waals surface area contributed by atoms with E-state index in [1.54, 1.807) is 0 Å². The van der Waals surface area contributed by atoms with Gasteiger partial charge in [-0.15, -0.1) is 0 Å². The number of hydrogen-bond donors (Lipinski definition) is 3. The van der Waals surface area contributed by atoms with Gasteiger partial charge in [-0.3, -0.25) is 10.1 Å². The molecular formula is C22H25N3O3. The molecule has 1 aromatic heterocycles. The number of rotatable bonds is 6. The molecule has 0 fully saturated rings. The fraction of sp³-hybridized carbons (Fsp3) is 0.318. The van der Waals surface area contributed by atoms with E-state index in [2.05, 4.69) is 15.2 Å². The summed E-state index contributed by atoms with van der Waals surface area (Å²) in [6.07, 6.45) is 0.469. The average molecular weight is 379 g/mol. The number of benzene rings is 2. The number of likely N-dealkylation sites (N-methyl/N-ethyl adjacent to an activating group) is 1. The van der Waals surface area contributed by atoms with Crippen LogP contribution in [0.2, 0.25) is 0 Å². The van der Waals surface area contributed by atoms with E-state index < -0.39 is 12.0 Å². The van der Waals surface area contributed by atoms with Crippen LogP contribution in [0.15, 0.2) is 48.5 Å². The summed E-state index contributed by atoms with van der Waals surface area (Å²) in [4.78, 5) is 17.3. The summed E-state index contributed by atoms with van der Waals surface area (Å²) in [7, 11) is 4.02. The van der Waals surface area contributed by atoms with Crippen LogP contribution >= 0.6 is 0 Å². The van der Waals surface area contributed by atoms with Crippen LogP contribution in [0.1, 0.15) is 22.9 Å². The first-order chi connectivity index (χ1) is 13.5. The smallest absolute Gasteiger partial charge is 0.321 e. The van der Waals surface area contributed by atoms with Gasteiger partial charge in [-0.2, -0.15) is 0 Å². The Kier molecular flexibility index (Phi) is 5.07. The predicted octanol–water partition coefficient (Wildman–Crippen LogP) is 2.80. The Morgan fingerprint density at radius 3 is 2.64 bits per heavy atom. The van der Waals surface area contributed by atoms with Crippen molar-refractivity contribution >= 4 is 16.9 Å². The Morgan fingerprint density at radius 1 is 1.18 bits per heavy atom. The van der Waals surface area contributed by atoms with Gasteiger partial charge >= 0.3 is 5.97 Å². The highest BCUT2D eigenvalue weighted by molar-refractivity contribution is 5.87. The van der Waals surface area contributed by atoms with Gasteiger partial charge in [-0.1, -0.05) is 30.3 Å². The van der Waals surface area contributed by atoms with E-state index in [0.717, 1.165) is 40.0 Å². The minimum absolute atomic E-state index is 0.201. The lowest BCUT2D eigenvalue weighted by atomic mass is 9.90. The Balaban J connectivity index is 1.64. The van der Waals surface area contributed by atoms with Gasteiger partial charge < -0.3 is 19.7 Å². The summed E-state index contributed by atoms with van der Waals surface area (Å²) >= 11 is 0. The Morgan fingerprint density at radius 2 is 1.93 bits per heavy atom. The van der Waals surface area contributed by atoms with Crippen molar-refractivity contribution in [3.63, 3.8) is 0 Å². The maximum atomic E-state index is 11.7. The zero-order valence-corrected chi connectivity index (χ0v) is 16.1. The van der Waals surface area contributed by atoms with Crippen LogP contribution in [0.5, 0.6) is 5.75 Å². The largest absolute Gasteiger partial charge is 0.492 e. The number of carbonyl (C=O) groups is 1. The van der Waals surface area contributed by atoms with E-state index in [4.69, 9.17) is 4.74 Å². The molecular weight excluding hydrogens is 354 g/mol. The average Bonchev–Trinajstić information content (AvgIpc) is 3.06. The van der Waals surface area contributed by atoms with E-state index in [1.807, 2.05) is 62.6 Å². The highest BCUT2D eigenvalue weighted by atomic mass is 16.5. The molecule has 0 aliphatic carbocycles. The normalized spacial score (nSPS) is 19.0. The molecule has 2 atom stereocenters. The van der Waals surface area contributed by atoms with Crippen molar-refractivity contribution in [2.45, 2.75) is 18.5 Å². The second-order valence-corrected chi connectivity index (χ2v) is 7.48. The summed E-state index contributed by atoms with van der Waals surface area (Å²) in [6, 6.07) is 15.1. The number of carboxylic acids is 1. The molecule has 6 nitrogen and oxygen atoms in total. The number of nitrogens with zero attached hydrogens (tertiary/aromatic N) is 1. The van der Waals surface area contributed by atoms with Crippen molar-refractivity contribution in [2.24, 2.45) is 0 Å². The molecule has 0 spiro atoms. The molecule has 3 N–H and O–H groups in total. The first kappa shape index (κ1) is 18.5. The molecule has 2 aromatic carbocycles. The van der Waals surface area contributed by atoms with Crippen LogP contribution in [-0.2, 0) is 11.2 Å². The molecule has 2 unspecified atom stereocenters. The lowest BCUT2D eigenvalue weighted by Gasteiger charge is -2.29. The number of hydrogen-bond acceptors (Lipinski definition) is 4. The van der Waals surface area contributed by atoms with E-state index in [9.17, 15) is 9.90 Å². The summed E-state index contributed by atoms with van der Waals surface area (Å²) < 4.78 is 5.77. The van der Waals surface area contributed by atoms with E-state index in [0.29, 0.717) is 13.0 Å². The fourth-order valence-corrected chi connectivity index (χ4v) is 3.76. The maximum absolute atomic E-state index is 11.7. The van der Waals surface area contributed by atoms with E-state index >= 15 is 0 Å². The summed E-state index contributed by atoms with van der Waals surface area (Å²) in [5, 5.41) is 14.0. The number of carboxylic acid groups (broad SMARTS) is 1. The van der Waals surface area contributed by atoms with Crippen molar-refractivity contribution < 1.29 is 14.6 Å². The van der Waals surface area contributed by atoms with Gasteiger partial charge in [-0.05, 0) is 43.4 Å². The number of aromatic amines is 1. The summed E-state index contributed by atoms with van der Waals surface area (Å²) in [5.74, 6) is -0.0161. The van der Waals surface area contributed by atoms with Gasteiger partial charge in [0.25, 0.3) is 0 Å². The second-order valence-electron chi connectivity index (χ2n) is 7.48. The lowest BCUT2D eigenvalue weighted by Crippen LogP contribution is -2.44. The van der Waals surface area contributed by atoms with Crippen molar-refractivity contribution in [3.05, 3.63) is 65.4 Å². The highest BCUT2D eigenvalue weighted by Gasteiger charge is 2.33. The van der Waals surface area contributed by atoms with Gasteiger partial charge in [0, 0.05) is 29.6 Å². The number of ether oxygens (including phenoxy) is 1. The first-order valence-corrected chi connectivity index (χ1v) is 9.49.